The molecule has 1 aliphatic rings. The van der Waals surface area contributed by atoms with Gasteiger partial charge in [-0.1, -0.05) is 0 Å². The molecule has 2 rings (SSSR count). The van der Waals surface area contributed by atoms with Crippen LogP contribution in [-0.4, -0.2) is 26.8 Å². The van der Waals surface area contributed by atoms with Crippen molar-refractivity contribution in [2.24, 2.45) is 11.7 Å². The van der Waals surface area contributed by atoms with Gasteiger partial charge in [0, 0.05) is 6.26 Å². The predicted molar refractivity (Wildman–Crippen MR) is 70.3 cm³/mol. The number of benzene rings is 1. The molecule has 5 nitrogen and oxygen atoms in total. The first-order chi connectivity index (χ1) is 8.85. The molecule has 1 saturated carbocycles. The van der Waals surface area contributed by atoms with E-state index in [1.165, 1.54) is 12.1 Å². The van der Waals surface area contributed by atoms with Gasteiger partial charge in [0.25, 0.3) is 0 Å². The smallest absolute Gasteiger partial charge is 0.175 e. The SMILES string of the molecule is CS(=O)(=O)c1ccc(OCC(N)(C#N)C2CC2)cc1. The van der Waals surface area contributed by atoms with Crippen LogP contribution in [0.1, 0.15) is 12.8 Å². The molecule has 0 aliphatic heterocycles. The predicted octanol–water partition coefficient (Wildman–Crippen LogP) is 1.10. The van der Waals surface area contributed by atoms with Crippen LogP contribution in [0.5, 0.6) is 5.75 Å². The van der Waals surface area contributed by atoms with E-state index in [0.29, 0.717) is 5.75 Å². The summed E-state index contributed by atoms with van der Waals surface area (Å²) < 4.78 is 28.1. The third-order valence-corrected chi connectivity index (χ3v) is 4.37. The molecule has 1 aliphatic carbocycles. The maximum atomic E-state index is 11.3. The fourth-order valence-corrected chi connectivity index (χ4v) is 2.46. The van der Waals surface area contributed by atoms with Gasteiger partial charge in [0.15, 0.2) is 9.84 Å². The monoisotopic (exact) mass is 280 g/mol. The van der Waals surface area contributed by atoms with Crippen molar-refractivity contribution in [2.75, 3.05) is 12.9 Å². The summed E-state index contributed by atoms with van der Waals surface area (Å²) in [5, 5.41) is 9.09. The summed E-state index contributed by atoms with van der Waals surface area (Å²) in [5.74, 6) is 0.714. The molecular weight excluding hydrogens is 264 g/mol. The molecule has 0 saturated heterocycles. The molecule has 1 unspecified atom stereocenters. The Kier molecular flexibility index (Phi) is 3.52. The number of sulfone groups is 1. The summed E-state index contributed by atoms with van der Waals surface area (Å²) in [6, 6.07) is 8.20. The Hall–Kier alpha value is -1.58. The maximum absolute atomic E-state index is 11.3. The lowest BCUT2D eigenvalue weighted by Gasteiger charge is -2.21. The first-order valence-corrected chi connectivity index (χ1v) is 7.87. The maximum Gasteiger partial charge on any atom is 0.175 e. The van der Waals surface area contributed by atoms with E-state index in [-0.39, 0.29) is 17.4 Å². The third kappa shape index (κ3) is 3.25. The van der Waals surface area contributed by atoms with E-state index >= 15 is 0 Å². The standard InChI is InChI=1S/C13H16N2O3S/c1-19(16,17)12-6-4-11(5-7-12)18-9-13(15,8-14)10-2-3-10/h4-7,10H,2-3,9,15H2,1H3. The van der Waals surface area contributed by atoms with Crippen LogP contribution in [0.4, 0.5) is 0 Å². The summed E-state index contributed by atoms with van der Waals surface area (Å²) in [5.41, 5.74) is 5.02. The Labute approximate surface area is 112 Å². The molecule has 0 radical (unpaired) electrons. The van der Waals surface area contributed by atoms with Gasteiger partial charge in [-0.05, 0) is 43.0 Å². The Morgan fingerprint density at radius 2 is 2.00 bits per heavy atom. The van der Waals surface area contributed by atoms with Gasteiger partial charge in [-0.15, -0.1) is 0 Å². The summed E-state index contributed by atoms with van der Waals surface area (Å²) in [6.07, 6.45) is 3.07. The molecule has 6 heteroatoms. The van der Waals surface area contributed by atoms with Crippen LogP contribution >= 0.6 is 0 Å². The molecule has 1 atom stereocenters. The van der Waals surface area contributed by atoms with Gasteiger partial charge >= 0.3 is 0 Å². The number of nitrogens with zero attached hydrogens (tertiary/aromatic N) is 1. The molecule has 1 fully saturated rings. The average molecular weight is 280 g/mol. The molecule has 2 N–H and O–H groups in total. The number of ether oxygens (including phenoxy) is 1. The molecule has 19 heavy (non-hydrogen) atoms. The van der Waals surface area contributed by atoms with Crippen LogP contribution in [0.2, 0.25) is 0 Å². The Balaban J connectivity index is 2.03. The second-order valence-corrected chi connectivity index (χ2v) is 6.97. The summed E-state index contributed by atoms with van der Waals surface area (Å²) in [6.45, 7) is 0.117. The van der Waals surface area contributed by atoms with Gasteiger partial charge in [-0.25, -0.2) is 8.42 Å². The van der Waals surface area contributed by atoms with Crippen LogP contribution in [-0.2, 0) is 9.84 Å². The normalized spacial score (nSPS) is 18.4. The Bertz CT molecular complexity index is 600. The van der Waals surface area contributed by atoms with Crippen LogP contribution < -0.4 is 10.5 Å². The Morgan fingerprint density at radius 3 is 2.42 bits per heavy atom. The van der Waals surface area contributed by atoms with Crippen LogP contribution in [0.3, 0.4) is 0 Å². The van der Waals surface area contributed by atoms with E-state index in [4.69, 9.17) is 15.7 Å². The number of hydrogen-bond acceptors (Lipinski definition) is 5. The van der Waals surface area contributed by atoms with Crippen LogP contribution in [0.25, 0.3) is 0 Å². The van der Waals surface area contributed by atoms with E-state index in [0.717, 1.165) is 19.1 Å². The van der Waals surface area contributed by atoms with Gasteiger partial charge in [0.1, 0.15) is 17.9 Å². The number of rotatable bonds is 5. The van der Waals surface area contributed by atoms with Crippen molar-refractivity contribution < 1.29 is 13.2 Å². The fourth-order valence-electron chi connectivity index (χ4n) is 1.83. The van der Waals surface area contributed by atoms with Crippen molar-refractivity contribution in [3.8, 4) is 11.8 Å². The Morgan fingerprint density at radius 1 is 1.42 bits per heavy atom. The zero-order valence-electron chi connectivity index (χ0n) is 10.7. The second-order valence-electron chi connectivity index (χ2n) is 4.96. The minimum absolute atomic E-state index is 0.117. The van der Waals surface area contributed by atoms with Crippen LogP contribution in [0.15, 0.2) is 29.2 Å². The van der Waals surface area contributed by atoms with E-state index < -0.39 is 15.4 Å². The zero-order chi connectivity index (χ0) is 14.1. The van der Waals surface area contributed by atoms with Gasteiger partial charge < -0.3 is 10.5 Å². The van der Waals surface area contributed by atoms with E-state index in [1.807, 2.05) is 0 Å². The van der Waals surface area contributed by atoms with Crippen molar-refractivity contribution in [3.05, 3.63) is 24.3 Å². The van der Waals surface area contributed by atoms with Gasteiger partial charge in [-0.2, -0.15) is 5.26 Å². The first-order valence-electron chi connectivity index (χ1n) is 5.98. The lowest BCUT2D eigenvalue weighted by molar-refractivity contribution is 0.237. The fraction of sp³-hybridized carbons (Fsp3) is 0.462. The highest BCUT2D eigenvalue weighted by atomic mass is 32.2. The molecular formula is C13H16N2O3S. The molecule has 0 heterocycles. The van der Waals surface area contributed by atoms with Crippen LogP contribution in [0, 0.1) is 17.2 Å². The number of nitrogens with two attached hydrogens (primary N) is 1. The molecule has 0 spiro atoms. The van der Waals surface area contributed by atoms with Crippen molar-refractivity contribution in [2.45, 2.75) is 23.3 Å². The molecule has 0 aromatic heterocycles. The van der Waals surface area contributed by atoms with Crippen molar-refractivity contribution in [1.29, 1.82) is 5.26 Å². The highest BCUT2D eigenvalue weighted by Gasteiger charge is 2.43. The number of nitriles is 1. The van der Waals surface area contributed by atoms with Gasteiger partial charge in [0.2, 0.25) is 0 Å². The molecule has 0 bridgehead atoms. The third-order valence-electron chi connectivity index (χ3n) is 3.24. The van der Waals surface area contributed by atoms with Crippen molar-refractivity contribution in [3.63, 3.8) is 0 Å². The molecule has 102 valence electrons. The average Bonchev–Trinajstić information content (AvgIpc) is 3.20. The quantitative estimate of drug-likeness (QED) is 0.871. The summed E-state index contributed by atoms with van der Waals surface area (Å²) in [4.78, 5) is 0.237. The highest BCUT2D eigenvalue weighted by Crippen LogP contribution is 2.38. The van der Waals surface area contributed by atoms with Crippen molar-refractivity contribution >= 4 is 9.84 Å². The lowest BCUT2D eigenvalue weighted by Crippen LogP contribution is -2.46. The van der Waals surface area contributed by atoms with E-state index in [1.54, 1.807) is 12.1 Å². The number of hydrogen-bond donors (Lipinski definition) is 1. The minimum Gasteiger partial charge on any atom is -0.491 e. The molecule has 0 amide bonds. The largest absolute Gasteiger partial charge is 0.491 e. The molecule has 1 aromatic rings. The van der Waals surface area contributed by atoms with E-state index in [9.17, 15) is 8.42 Å². The van der Waals surface area contributed by atoms with Crippen molar-refractivity contribution in [1.82, 2.24) is 0 Å². The molecule has 1 aromatic carbocycles. The van der Waals surface area contributed by atoms with E-state index in [2.05, 4.69) is 6.07 Å². The second kappa shape index (κ2) is 4.83. The zero-order valence-corrected chi connectivity index (χ0v) is 11.5. The first kappa shape index (κ1) is 13.8. The lowest BCUT2D eigenvalue weighted by atomic mass is 9.98. The highest BCUT2D eigenvalue weighted by molar-refractivity contribution is 7.90. The summed E-state index contributed by atoms with van der Waals surface area (Å²) >= 11 is 0. The van der Waals surface area contributed by atoms with Gasteiger partial charge in [0.05, 0.1) is 11.0 Å². The topological polar surface area (TPSA) is 93.2 Å². The minimum atomic E-state index is -3.20. The summed E-state index contributed by atoms with van der Waals surface area (Å²) in [7, 11) is -3.20. The van der Waals surface area contributed by atoms with Gasteiger partial charge in [-0.3, -0.25) is 0 Å².